The number of pyridine rings is 1. The number of hydrogen-bond donors (Lipinski definition) is 1. The summed E-state index contributed by atoms with van der Waals surface area (Å²) in [5.74, 6) is -2.34. The van der Waals surface area contributed by atoms with Crippen LogP contribution in [0.25, 0.3) is 0 Å². The Balaban J connectivity index is 2.05. The fourth-order valence-corrected chi connectivity index (χ4v) is 4.62. The molecule has 1 aromatic heterocycles. The van der Waals surface area contributed by atoms with Gasteiger partial charge in [0.05, 0.1) is 10.5 Å². The summed E-state index contributed by atoms with van der Waals surface area (Å²) in [7, 11) is -4.12. The highest BCUT2D eigenvalue weighted by Crippen LogP contribution is 2.35. The smallest absolute Gasteiger partial charge is 0.433 e. The number of Topliss-reactive ketones (excluding diaryl/α,β-unsaturated/α-hetero) is 1. The summed E-state index contributed by atoms with van der Waals surface area (Å²) in [5, 5.41) is 0. The first-order valence-electron chi connectivity index (χ1n) is 9.73. The third-order valence-corrected chi connectivity index (χ3v) is 6.41. The van der Waals surface area contributed by atoms with Gasteiger partial charge in [0, 0.05) is 5.69 Å². The Kier molecular flexibility index (Phi) is 6.51. The second kappa shape index (κ2) is 8.86. The molecule has 0 radical (unpaired) electrons. The maximum atomic E-state index is 13.3. The van der Waals surface area contributed by atoms with Gasteiger partial charge < -0.3 is 10.5 Å². The number of halogens is 3. The van der Waals surface area contributed by atoms with Crippen LogP contribution in [0.3, 0.4) is 0 Å². The summed E-state index contributed by atoms with van der Waals surface area (Å²) in [6.07, 6.45) is -4.79. The van der Waals surface area contributed by atoms with Crippen LogP contribution in [0.2, 0.25) is 0 Å². The predicted molar refractivity (Wildman–Crippen MR) is 117 cm³/mol. The molecule has 0 bridgehead atoms. The van der Waals surface area contributed by atoms with Crippen molar-refractivity contribution < 1.29 is 31.1 Å². The molecule has 3 rings (SSSR count). The molecule has 6 nitrogen and oxygen atoms in total. The van der Waals surface area contributed by atoms with Gasteiger partial charge in [-0.05, 0) is 62.2 Å². The molecule has 0 fully saturated rings. The first kappa shape index (κ1) is 24.2. The normalized spacial score (nSPS) is 11.9. The summed E-state index contributed by atoms with van der Waals surface area (Å²) >= 11 is 0. The monoisotopic (exact) mass is 478 g/mol. The highest BCUT2D eigenvalue weighted by Gasteiger charge is 2.34. The quantitative estimate of drug-likeness (QED) is 0.393. The van der Waals surface area contributed by atoms with Crippen molar-refractivity contribution in [3.05, 3.63) is 76.5 Å². The zero-order valence-electron chi connectivity index (χ0n) is 18.0. The summed E-state index contributed by atoms with van der Waals surface area (Å²) in [6.45, 7) is 5.26. The number of nitrogen functional groups attached to an aromatic ring is 1. The van der Waals surface area contributed by atoms with E-state index in [2.05, 4.69) is 4.98 Å². The molecule has 2 aromatic carbocycles. The van der Waals surface area contributed by atoms with Gasteiger partial charge in [0.2, 0.25) is 5.88 Å². The second-order valence-electron chi connectivity index (χ2n) is 7.63. The molecule has 0 atom stereocenters. The zero-order chi connectivity index (χ0) is 24.6. The number of aryl methyl sites for hydroxylation is 3. The van der Waals surface area contributed by atoms with Gasteiger partial charge in [0.25, 0.3) is 0 Å². The maximum Gasteiger partial charge on any atom is 0.433 e. The lowest BCUT2D eigenvalue weighted by Crippen LogP contribution is -2.19. The van der Waals surface area contributed by atoms with Crippen molar-refractivity contribution >= 4 is 21.3 Å². The van der Waals surface area contributed by atoms with E-state index >= 15 is 0 Å². The van der Waals surface area contributed by atoms with Crippen LogP contribution in [-0.4, -0.2) is 24.9 Å². The van der Waals surface area contributed by atoms with E-state index in [1.54, 1.807) is 26.0 Å². The third kappa shape index (κ3) is 5.51. The van der Waals surface area contributed by atoms with Crippen LogP contribution >= 0.6 is 0 Å². The number of ketones is 1. The Labute approximate surface area is 189 Å². The minimum atomic E-state index is -4.79. The number of nitrogens with two attached hydrogens (primary N) is 1. The summed E-state index contributed by atoms with van der Waals surface area (Å²) in [4.78, 5) is 16.2. The van der Waals surface area contributed by atoms with Crippen LogP contribution in [0.5, 0.6) is 11.6 Å². The maximum absolute atomic E-state index is 13.3. The first-order chi connectivity index (χ1) is 15.3. The number of rotatable bonds is 6. The number of sulfone groups is 1. The molecule has 10 heteroatoms. The Hall–Kier alpha value is -3.40. The van der Waals surface area contributed by atoms with Gasteiger partial charge in [-0.3, -0.25) is 4.79 Å². The number of anilines is 1. The van der Waals surface area contributed by atoms with Gasteiger partial charge in [-0.1, -0.05) is 23.8 Å². The van der Waals surface area contributed by atoms with E-state index in [4.69, 9.17) is 10.5 Å². The van der Waals surface area contributed by atoms with E-state index < -0.39 is 39.1 Å². The molecule has 0 aliphatic rings. The molecule has 0 unspecified atom stereocenters. The topological polar surface area (TPSA) is 99.3 Å². The molecule has 174 valence electrons. The number of nitrogens with zero attached hydrogens (tertiary/aromatic N) is 1. The molecule has 2 N–H and O–H groups in total. The number of carbonyl (C=O) groups is 1. The Bertz CT molecular complexity index is 1310. The molecule has 0 aliphatic heterocycles. The van der Waals surface area contributed by atoms with Gasteiger partial charge in [0.15, 0.2) is 15.6 Å². The zero-order valence-corrected chi connectivity index (χ0v) is 18.8. The van der Waals surface area contributed by atoms with Gasteiger partial charge in [-0.25, -0.2) is 13.4 Å². The Morgan fingerprint density at radius 3 is 2.24 bits per heavy atom. The Morgan fingerprint density at radius 1 is 1.03 bits per heavy atom. The van der Waals surface area contributed by atoms with Crippen LogP contribution in [0, 0.1) is 20.8 Å². The number of alkyl halides is 3. The van der Waals surface area contributed by atoms with Gasteiger partial charge >= 0.3 is 6.18 Å². The average Bonchev–Trinajstić information content (AvgIpc) is 2.69. The molecule has 1 heterocycles. The van der Waals surface area contributed by atoms with E-state index in [0.717, 1.165) is 11.6 Å². The molecular formula is C23H21F3N2O4S. The van der Waals surface area contributed by atoms with E-state index in [-0.39, 0.29) is 21.9 Å². The second-order valence-corrected chi connectivity index (χ2v) is 9.62. The number of benzene rings is 2. The van der Waals surface area contributed by atoms with Crippen molar-refractivity contribution in [1.29, 1.82) is 0 Å². The predicted octanol–water partition coefficient (Wildman–Crippen LogP) is 5.06. The lowest BCUT2D eigenvalue weighted by Gasteiger charge is -2.16. The van der Waals surface area contributed by atoms with Crippen molar-refractivity contribution in [1.82, 2.24) is 4.98 Å². The van der Waals surface area contributed by atoms with E-state index in [0.29, 0.717) is 17.2 Å². The van der Waals surface area contributed by atoms with E-state index in [1.165, 1.54) is 24.3 Å². The van der Waals surface area contributed by atoms with Crippen molar-refractivity contribution in [2.24, 2.45) is 0 Å². The van der Waals surface area contributed by atoms with Crippen LogP contribution < -0.4 is 10.5 Å². The van der Waals surface area contributed by atoms with Gasteiger partial charge in [-0.2, -0.15) is 13.2 Å². The molecule has 0 aliphatic carbocycles. The highest BCUT2D eigenvalue weighted by atomic mass is 32.2. The minimum Gasteiger partial charge on any atom is -0.438 e. The van der Waals surface area contributed by atoms with Crippen LogP contribution in [0.1, 0.15) is 32.7 Å². The fraction of sp³-hybridized carbons (Fsp3) is 0.217. The molecule has 33 heavy (non-hydrogen) atoms. The van der Waals surface area contributed by atoms with Crippen molar-refractivity contribution in [2.45, 2.75) is 31.8 Å². The first-order valence-corrected chi connectivity index (χ1v) is 11.4. The van der Waals surface area contributed by atoms with Gasteiger partial charge in [0.1, 0.15) is 17.2 Å². The average molecular weight is 478 g/mol. The van der Waals surface area contributed by atoms with Crippen LogP contribution in [0.4, 0.5) is 18.9 Å². The third-order valence-electron chi connectivity index (χ3n) is 4.79. The van der Waals surface area contributed by atoms with Crippen LogP contribution in [0.15, 0.2) is 53.4 Å². The number of carbonyl (C=O) groups excluding carboxylic acids is 1. The van der Waals surface area contributed by atoms with Gasteiger partial charge in [-0.15, -0.1) is 0 Å². The molecule has 0 spiro atoms. The van der Waals surface area contributed by atoms with Crippen molar-refractivity contribution in [2.75, 3.05) is 11.5 Å². The lowest BCUT2D eigenvalue weighted by atomic mass is 10.1. The molecule has 0 saturated carbocycles. The summed E-state index contributed by atoms with van der Waals surface area (Å²) in [6, 6.07) is 10.4. The van der Waals surface area contributed by atoms with Crippen molar-refractivity contribution in [3.8, 4) is 11.6 Å². The number of hydrogen-bond acceptors (Lipinski definition) is 6. The standard InChI is InChI=1S/C23H21F3N2O4S/c1-13-9-14(2)21(15(3)10-13)32-22-18(7-8-20(28-22)23(24,25)26)19(29)12-33(30,31)17-6-4-5-16(27)11-17/h4-11H,12,27H2,1-3H3. The summed E-state index contributed by atoms with van der Waals surface area (Å²) in [5.41, 5.74) is 6.32. The SMILES string of the molecule is Cc1cc(C)c(Oc2nc(C(F)(F)F)ccc2C(=O)CS(=O)(=O)c2cccc(N)c2)c(C)c1. The highest BCUT2D eigenvalue weighted by molar-refractivity contribution is 7.92. The Morgan fingerprint density at radius 2 is 1.67 bits per heavy atom. The van der Waals surface area contributed by atoms with E-state index in [9.17, 15) is 26.4 Å². The molecule has 3 aromatic rings. The van der Waals surface area contributed by atoms with Crippen LogP contribution in [-0.2, 0) is 16.0 Å². The largest absolute Gasteiger partial charge is 0.438 e. The number of ether oxygens (including phenoxy) is 1. The molecule has 0 saturated heterocycles. The van der Waals surface area contributed by atoms with E-state index in [1.807, 2.05) is 6.92 Å². The summed E-state index contributed by atoms with van der Waals surface area (Å²) < 4.78 is 70.9. The lowest BCUT2D eigenvalue weighted by molar-refractivity contribution is -0.141. The number of aromatic nitrogens is 1. The molecule has 0 amide bonds. The van der Waals surface area contributed by atoms with Crippen molar-refractivity contribution in [3.63, 3.8) is 0 Å². The minimum absolute atomic E-state index is 0.177. The fourth-order valence-electron chi connectivity index (χ4n) is 3.35. The molecular weight excluding hydrogens is 457 g/mol.